The highest BCUT2D eigenvalue weighted by Crippen LogP contribution is 2.39. The molecule has 23 heavy (non-hydrogen) atoms. The van der Waals surface area contributed by atoms with Gasteiger partial charge in [0.05, 0.1) is 5.92 Å². The van der Waals surface area contributed by atoms with Crippen LogP contribution in [-0.4, -0.2) is 18.4 Å². The molecule has 4 rings (SSSR count). The van der Waals surface area contributed by atoms with Gasteiger partial charge in [0, 0.05) is 5.56 Å². The minimum atomic E-state index is -0.239. The van der Waals surface area contributed by atoms with Crippen LogP contribution in [0, 0.1) is 11.8 Å². The molecular formula is C20H18O3. The van der Waals surface area contributed by atoms with Gasteiger partial charge in [0.25, 0.3) is 0 Å². The lowest BCUT2D eigenvalue weighted by Crippen LogP contribution is -2.15. The standard InChI is InChI=1S/C20H18O3/c1-12-8-17(12)20(22)23-11-19(21)15-7-6-14-9-13-4-2-3-5-16(13)18(14)10-15/h2-7,10,12,17H,8-9,11H2,1H3/t12-,17+/m1/s1. The molecule has 2 atom stereocenters. The lowest BCUT2D eigenvalue weighted by atomic mass is 10.0. The Balaban J connectivity index is 1.50. The maximum Gasteiger partial charge on any atom is 0.309 e. The molecule has 0 bridgehead atoms. The second-order valence-electron chi connectivity index (χ2n) is 6.56. The Bertz CT molecular complexity index is 806. The number of rotatable bonds is 4. The van der Waals surface area contributed by atoms with Gasteiger partial charge in [0.2, 0.25) is 0 Å². The topological polar surface area (TPSA) is 43.4 Å². The Morgan fingerprint density at radius 2 is 1.83 bits per heavy atom. The van der Waals surface area contributed by atoms with Gasteiger partial charge in [-0.25, -0.2) is 0 Å². The van der Waals surface area contributed by atoms with Gasteiger partial charge in [0.15, 0.2) is 12.4 Å². The fourth-order valence-electron chi connectivity index (χ4n) is 3.27. The van der Waals surface area contributed by atoms with E-state index < -0.39 is 0 Å². The molecule has 116 valence electrons. The maximum atomic E-state index is 12.3. The van der Waals surface area contributed by atoms with Crippen molar-refractivity contribution in [3.8, 4) is 11.1 Å². The first-order valence-electron chi connectivity index (χ1n) is 8.04. The summed E-state index contributed by atoms with van der Waals surface area (Å²) in [7, 11) is 0. The quantitative estimate of drug-likeness (QED) is 0.546. The minimum absolute atomic E-state index is 0.00491. The highest BCUT2D eigenvalue weighted by Gasteiger charge is 2.40. The van der Waals surface area contributed by atoms with Crippen LogP contribution >= 0.6 is 0 Å². The molecule has 0 heterocycles. The lowest BCUT2D eigenvalue weighted by Gasteiger charge is -2.06. The minimum Gasteiger partial charge on any atom is -0.457 e. The second kappa shape index (κ2) is 5.34. The first-order chi connectivity index (χ1) is 11.1. The van der Waals surface area contributed by atoms with Crippen molar-refractivity contribution in [1.82, 2.24) is 0 Å². The third-order valence-corrected chi connectivity index (χ3v) is 4.88. The summed E-state index contributed by atoms with van der Waals surface area (Å²) in [5.41, 5.74) is 5.46. The van der Waals surface area contributed by atoms with E-state index in [0.717, 1.165) is 18.4 Å². The number of esters is 1. The Kier molecular flexibility index (Phi) is 3.29. The van der Waals surface area contributed by atoms with Crippen molar-refractivity contribution in [3.05, 3.63) is 59.2 Å². The van der Waals surface area contributed by atoms with Gasteiger partial charge in [-0.1, -0.05) is 43.3 Å². The zero-order valence-electron chi connectivity index (χ0n) is 13.0. The van der Waals surface area contributed by atoms with Crippen molar-refractivity contribution in [3.63, 3.8) is 0 Å². The van der Waals surface area contributed by atoms with Crippen LogP contribution in [0.15, 0.2) is 42.5 Å². The van der Waals surface area contributed by atoms with Gasteiger partial charge in [-0.3, -0.25) is 9.59 Å². The summed E-state index contributed by atoms with van der Waals surface area (Å²) in [4.78, 5) is 24.0. The van der Waals surface area contributed by atoms with Crippen molar-refractivity contribution in [2.24, 2.45) is 11.8 Å². The summed E-state index contributed by atoms with van der Waals surface area (Å²) in [6.45, 7) is 1.86. The Labute approximate surface area is 135 Å². The molecule has 2 aromatic rings. The largest absolute Gasteiger partial charge is 0.457 e. The zero-order valence-corrected chi connectivity index (χ0v) is 13.0. The van der Waals surface area contributed by atoms with E-state index in [4.69, 9.17) is 4.74 Å². The van der Waals surface area contributed by atoms with Crippen molar-refractivity contribution >= 4 is 11.8 Å². The van der Waals surface area contributed by atoms with Crippen LogP contribution in [0.4, 0.5) is 0 Å². The first-order valence-corrected chi connectivity index (χ1v) is 8.04. The summed E-state index contributed by atoms with van der Waals surface area (Å²) >= 11 is 0. The number of hydrogen-bond acceptors (Lipinski definition) is 3. The Morgan fingerprint density at radius 1 is 1.09 bits per heavy atom. The fraction of sp³-hybridized carbons (Fsp3) is 0.300. The van der Waals surface area contributed by atoms with Crippen LogP contribution in [-0.2, 0) is 16.0 Å². The number of benzene rings is 2. The van der Waals surface area contributed by atoms with Gasteiger partial charge in [-0.15, -0.1) is 0 Å². The van der Waals surface area contributed by atoms with Crippen LogP contribution in [0.5, 0.6) is 0 Å². The highest BCUT2D eigenvalue weighted by atomic mass is 16.5. The first kappa shape index (κ1) is 14.2. The SMILES string of the molecule is C[C@@H]1C[C@@H]1C(=O)OCC(=O)c1ccc2c(c1)-c1ccccc1C2. The number of carbonyl (C=O) groups excluding carboxylic acids is 2. The molecule has 2 aliphatic carbocycles. The molecule has 3 heteroatoms. The molecule has 0 spiro atoms. The summed E-state index contributed by atoms with van der Waals surface area (Å²) in [5.74, 6) is 0.0139. The third-order valence-electron chi connectivity index (χ3n) is 4.88. The molecule has 0 unspecified atom stereocenters. The van der Waals surface area contributed by atoms with Crippen molar-refractivity contribution in [2.45, 2.75) is 19.8 Å². The van der Waals surface area contributed by atoms with E-state index in [-0.39, 0.29) is 24.3 Å². The van der Waals surface area contributed by atoms with Gasteiger partial charge in [-0.2, -0.15) is 0 Å². The molecular weight excluding hydrogens is 288 g/mol. The summed E-state index contributed by atoms with van der Waals surface area (Å²) < 4.78 is 5.15. The summed E-state index contributed by atoms with van der Waals surface area (Å²) in [5, 5.41) is 0. The molecule has 1 fully saturated rings. The van der Waals surface area contributed by atoms with Crippen molar-refractivity contribution in [1.29, 1.82) is 0 Å². The van der Waals surface area contributed by atoms with Gasteiger partial charge >= 0.3 is 5.97 Å². The van der Waals surface area contributed by atoms with Crippen LogP contribution in [0.25, 0.3) is 11.1 Å². The van der Waals surface area contributed by atoms with E-state index in [1.807, 2.05) is 37.3 Å². The van der Waals surface area contributed by atoms with Crippen LogP contribution < -0.4 is 0 Å². The Morgan fingerprint density at radius 3 is 2.61 bits per heavy atom. The smallest absolute Gasteiger partial charge is 0.309 e. The second-order valence-corrected chi connectivity index (χ2v) is 6.56. The van der Waals surface area contributed by atoms with E-state index in [2.05, 4.69) is 12.1 Å². The number of hydrogen-bond donors (Lipinski definition) is 0. The van der Waals surface area contributed by atoms with E-state index in [1.165, 1.54) is 16.7 Å². The molecule has 3 nitrogen and oxygen atoms in total. The predicted molar refractivity (Wildman–Crippen MR) is 87.2 cm³/mol. The molecule has 2 aliphatic rings. The van der Waals surface area contributed by atoms with E-state index in [9.17, 15) is 9.59 Å². The maximum absolute atomic E-state index is 12.3. The summed E-state index contributed by atoms with van der Waals surface area (Å²) in [6.07, 6.45) is 1.79. The number of fused-ring (bicyclic) bond motifs is 3. The molecule has 0 radical (unpaired) electrons. The molecule has 0 amide bonds. The molecule has 1 saturated carbocycles. The lowest BCUT2D eigenvalue weighted by molar-refractivity contribution is -0.144. The average molecular weight is 306 g/mol. The van der Waals surface area contributed by atoms with Crippen LogP contribution in [0.3, 0.4) is 0 Å². The van der Waals surface area contributed by atoms with Crippen LogP contribution in [0.1, 0.15) is 34.8 Å². The monoisotopic (exact) mass is 306 g/mol. The molecule has 2 aromatic carbocycles. The van der Waals surface area contributed by atoms with E-state index >= 15 is 0 Å². The molecule has 0 N–H and O–H groups in total. The van der Waals surface area contributed by atoms with E-state index in [0.29, 0.717) is 11.5 Å². The number of ketones is 1. The van der Waals surface area contributed by atoms with Gasteiger partial charge in [-0.05, 0) is 47.1 Å². The number of carbonyl (C=O) groups is 2. The van der Waals surface area contributed by atoms with Gasteiger partial charge < -0.3 is 4.74 Å². The predicted octanol–water partition coefficient (Wildman–Crippen LogP) is 3.64. The Hall–Kier alpha value is -2.42. The number of ether oxygens (including phenoxy) is 1. The molecule has 0 aromatic heterocycles. The third kappa shape index (κ3) is 2.56. The van der Waals surface area contributed by atoms with Gasteiger partial charge in [0.1, 0.15) is 0 Å². The fourth-order valence-corrected chi connectivity index (χ4v) is 3.27. The number of Topliss-reactive ketones (excluding diaryl/α,β-unsaturated/α-hetero) is 1. The average Bonchev–Trinajstić information content (AvgIpc) is 3.18. The van der Waals surface area contributed by atoms with Crippen molar-refractivity contribution < 1.29 is 14.3 Å². The van der Waals surface area contributed by atoms with Crippen molar-refractivity contribution in [2.75, 3.05) is 6.61 Å². The highest BCUT2D eigenvalue weighted by molar-refractivity contribution is 5.99. The zero-order chi connectivity index (χ0) is 16.0. The van der Waals surface area contributed by atoms with Crippen LogP contribution in [0.2, 0.25) is 0 Å². The molecule has 0 saturated heterocycles. The summed E-state index contributed by atoms with van der Waals surface area (Å²) in [6, 6.07) is 14.0. The van der Waals surface area contributed by atoms with E-state index in [1.54, 1.807) is 0 Å². The normalized spacial score (nSPS) is 20.6. The molecule has 0 aliphatic heterocycles.